The number of carboxylic acid groups (broad SMARTS) is 1. The molecule has 0 aliphatic carbocycles. The van der Waals surface area contributed by atoms with Crippen molar-refractivity contribution in [3.8, 4) is 11.1 Å². The van der Waals surface area contributed by atoms with Crippen LogP contribution in [0.5, 0.6) is 0 Å². The summed E-state index contributed by atoms with van der Waals surface area (Å²) in [4.78, 5) is 26.1. The van der Waals surface area contributed by atoms with Gasteiger partial charge >= 0.3 is 5.97 Å². The van der Waals surface area contributed by atoms with E-state index in [1.165, 1.54) is 12.1 Å². The zero-order valence-corrected chi connectivity index (χ0v) is 21.2. The van der Waals surface area contributed by atoms with Gasteiger partial charge in [0.1, 0.15) is 6.04 Å². The predicted octanol–water partition coefficient (Wildman–Crippen LogP) is 4.32. The van der Waals surface area contributed by atoms with E-state index in [1.54, 1.807) is 53.4 Å². The molecule has 1 aliphatic rings. The molecular weight excluding hydrogens is 500 g/mol. The van der Waals surface area contributed by atoms with Crippen molar-refractivity contribution < 1.29 is 23.1 Å². The summed E-state index contributed by atoms with van der Waals surface area (Å²) in [5.41, 5.74) is 2.39. The third-order valence-corrected chi connectivity index (χ3v) is 8.48. The van der Waals surface area contributed by atoms with E-state index in [0.29, 0.717) is 30.0 Å². The van der Waals surface area contributed by atoms with Gasteiger partial charge in [0.25, 0.3) is 0 Å². The summed E-state index contributed by atoms with van der Waals surface area (Å²) >= 11 is 5.96. The van der Waals surface area contributed by atoms with Gasteiger partial charge in [0.15, 0.2) is 0 Å². The van der Waals surface area contributed by atoms with Gasteiger partial charge in [-0.3, -0.25) is 9.59 Å². The highest BCUT2D eigenvalue weighted by Gasteiger charge is 2.37. The van der Waals surface area contributed by atoms with Gasteiger partial charge in [-0.1, -0.05) is 66.2 Å². The summed E-state index contributed by atoms with van der Waals surface area (Å²) in [6.07, 6.45) is 1.14. The minimum absolute atomic E-state index is 0.00616. The van der Waals surface area contributed by atoms with E-state index in [4.69, 9.17) is 11.6 Å². The Balaban J connectivity index is 1.65. The first-order chi connectivity index (χ1) is 17.3. The first-order valence-corrected chi connectivity index (χ1v) is 13.5. The van der Waals surface area contributed by atoms with Gasteiger partial charge in [0.05, 0.1) is 4.90 Å². The number of hydrogen-bond acceptors (Lipinski definition) is 4. The Labute approximate surface area is 216 Å². The van der Waals surface area contributed by atoms with E-state index in [1.807, 2.05) is 18.2 Å². The quantitative estimate of drug-likeness (QED) is 0.424. The molecule has 7 nitrogen and oxygen atoms in total. The number of rotatable bonds is 10. The van der Waals surface area contributed by atoms with Crippen molar-refractivity contribution >= 4 is 33.5 Å². The molecule has 0 radical (unpaired) electrons. The number of carbonyl (C=O) groups is 2. The van der Waals surface area contributed by atoms with Gasteiger partial charge in [0, 0.05) is 31.1 Å². The second kappa shape index (κ2) is 11.2. The maximum Gasteiger partial charge on any atom is 0.322 e. The van der Waals surface area contributed by atoms with Crippen molar-refractivity contribution in [2.24, 2.45) is 0 Å². The summed E-state index contributed by atoms with van der Waals surface area (Å²) < 4.78 is 28.6. The molecule has 1 atom stereocenters. The Bertz CT molecular complexity index is 1310. The van der Waals surface area contributed by atoms with Crippen LogP contribution >= 0.6 is 11.6 Å². The number of nitrogens with zero attached hydrogens (tertiary/aromatic N) is 2. The van der Waals surface area contributed by atoms with Crippen molar-refractivity contribution in [1.82, 2.24) is 9.21 Å². The third kappa shape index (κ3) is 5.95. The Kier molecular flexibility index (Phi) is 8.08. The lowest BCUT2D eigenvalue weighted by Gasteiger charge is -2.30. The van der Waals surface area contributed by atoms with Crippen molar-refractivity contribution in [2.45, 2.75) is 30.2 Å². The Morgan fingerprint density at radius 3 is 2.14 bits per heavy atom. The molecule has 0 unspecified atom stereocenters. The highest BCUT2D eigenvalue weighted by molar-refractivity contribution is 7.89. The molecule has 0 aromatic heterocycles. The molecule has 9 heteroatoms. The Morgan fingerprint density at radius 2 is 1.58 bits per heavy atom. The Hall–Kier alpha value is -3.20. The average Bonchev–Trinajstić information content (AvgIpc) is 3.29. The topological polar surface area (TPSA) is 95.0 Å². The van der Waals surface area contributed by atoms with Crippen molar-refractivity contribution in [1.29, 1.82) is 0 Å². The highest BCUT2D eigenvalue weighted by Crippen LogP contribution is 2.26. The summed E-state index contributed by atoms with van der Waals surface area (Å²) in [5.74, 6) is -1.29. The summed E-state index contributed by atoms with van der Waals surface area (Å²) in [6, 6.07) is 21.1. The van der Waals surface area contributed by atoms with Crippen LogP contribution in [0.15, 0.2) is 83.8 Å². The first kappa shape index (κ1) is 25.9. The number of hydrogen-bond donors (Lipinski definition) is 1. The summed E-state index contributed by atoms with van der Waals surface area (Å²) in [7, 11) is -4.19. The fourth-order valence-electron chi connectivity index (χ4n) is 4.35. The third-order valence-electron chi connectivity index (χ3n) is 6.30. The number of carbonyl (C=O) groups excluding carboxylic acids is 1. The van der Waals surface area contributed by atoms with Crippen LogP contribution < -0.4 is 0 Å². The molecule has 36 heavy (non-hydrogen) atoms. The van der Waals surface area contributed by atoms with Crippen LogP contribution in [0.3, 0.4) is 0 Å². The molecule has 1 heterocycles. The summed E-state index contributed by atoms with van der Waals surface area (Å²) in [6.45, 7) is 0.565. The minimum atomic E-state index is -4.19. The van der Waals surface area contributed by atoms with Crippen LogP contribution in [-0.2, 0) is 26.0 Å². The fraction of sp³-hybridized carbons (Fsp3) is 0.259. The molecule has 0 saturated carbocycles. The molecule has 1 amide bonds. The van der Waals surface area contributed by atoms with E-state index in [-0.39, 0.29) is 30.3 Å². The number of benzene rings is 3. The van der Waals surface area contributed by atoms with Crippen LogP contribution in [0.1, 0.15) is 18.4 Å². The summed E-state index contributed by atoms with van der Waals surface area (Å²) in [5, 5.41) is 10.7. The minimum Gasteiger partial charge on any atom is -0.480 e. The second-order valence-electron chi connectivity index (χ2n) is 8.68. The number of likely N-dealkylation sites (tertiary alicyclic amines) is 1. The molecule has 0 bridgehead atoms. The SMILES string of the molecule is O=C(O)[C@@H](Cc1ccccc1)N(CCN1CCCC1=O)S(=O)(=O)c1ccc(-c2ccc(Cl)cc2)cc1. The van der Waals surface area contributed by atoms with E-state index < -0.39 is 22.0 Å². The van der Waals surface area contributed by atoms with Crippen LogP contribution in [-0.4, -0.2) is 60.3 Å². The molecule has 1 saturated heterocycles. The molecule has 3 aromatic carbocycles. The number of halogens is 1. The zero-order valence-electron chi connectivity index (χ0n) is 19.6. The van der Waals surface area contributed by atoms with Crippen LogP contribution in [0.2, 0.25) is 5.02 Å². The second-order valence-corrected chi connectivity index (χ2v) is 11.0. The monoisotopic (exact) mass is 526 g/mol. The first-order valence-electron chi connectivity index (χ1n) is 11.7. The van der Waals surface area contributed by atoms with Gasteiger partial charge in [-0.25, -0.2) is 8.42 Å². The molecular formula is C27H27ClN2O5S. The predicted molar refractivity (Wildman–Crippen MR) is 138 cm³/mol. The average molecular weight is 527 g/mol. The van der Waals surface area contributed by atoms with Gasteiger partial charge in [-0.05, 0) is 53.8 Å². The van der Waals surface area contributed by atoms with E-state index in [0.717, 1.165) is 15.4 Å². The normalized spacial score (nSPS) is 14.8. The molecule has 1 N–H and O–H groups in total. The van der Waals surface area contributed by atoms with Gasteiger partial charge in [-0.2, -0.15) is 4.31 Å². The van der Waals surface area contributed by atoms with Crippen LogP contribution in [0.4, 0.5) is 0 Å². The molecule has 1 aliphatic heterocycles. The molecule has 188 valence electrons. The lowest BCUT2D eigenvalue weighted by Crippen LogP contribution is -2.49. The van der Waals surface area contributed by atoms with Gasteiger partial charge in [0.2, 0.25) is 15.9 Å². The van der Waals surface area contributed by atoms with Crippen LogP contribution in [0, 0.1) is 0 Å². The van der Waals surface area contributed by atoms with Crippen LogP contribution in [0.25, 0.3) is 11.1 Å². The number of amides is 1. The lowest BCUT2D eigenvalue weighted by atomic mass is 10.1. The fourth-order valence-corrected chi connectivity index (χ4v) is 6.05. The Morgan fingerprint density at radius 1 is 0.972 bits per heavy atom. The molecule has 1 fully saturated rings. The smallest absolute Gasteiger partial charge is 0.322 e. The van der Waals surface area contributed by atoms with Gasteiger partial charge < -0.3 is 10.0 Å². The lowest BCUT2D eigenvalue weighted by molar-refractivity contribution is -0.141. The zero-order chi connectivity index (χ0) is 25.7. The maximum absolute atomic E-state index is 13.8. The van der Waals surface area contributed by atoms with E-state index in [2.05, 4.69) is 0 Å². The number of sulfonamides is 1. The molecule has 0 spiro atoms. The van der Waals surface area contributed by atoms with E-state index >= 15 is 0 Å². The number of carboxylic acids is 1. The number of aliphatic carboxylic acids is 1. The standard InChI is InChI=1S/C27H27ClN2O5S/c28-23-12-8-21(9-13-23)22-10-14-24(15-11-22)36(34,35)30(18-17-29-16-4-7-26(29)31)25(27(32)33)19-20-5-2-1-3-6-20/h1-3,5-6,8-15,25H,4,7,16-19H2,(H,32,33)/t25-/m1/s1. The van der Waals surface area contributed by atoms with Crippen molar-refractivity contribution in [3.63, 3.8) is 0 Å². The maximum atomic E-state index is 13.8. The van der Waals surface area contributed by atoms with Crippen molar-refractivity contribution in [3.05, 3.63) is 89.4 Å². The van der Waals surface area contributed by atoms with Crippen molar-refractivity contribution in [2.75, 3.05) is 19.6 Å². The highest BCUT2D eigenvalue weighted by atomic mass is 35.5. The van der Waals surface area contributed by atoms with E-state index in [9.17, 15) is 23.1 Å². The largest absolute Gasteiger partial charge is 0.480 e. The molecule has 4 rings (SSSR count). The van der Waals surface area contributed by atoms with Gasteiger partial charge in [-0.15, -0.1) is 0 Å². The molecule has 3 aromatic rings.